The zero-order chi connectivity index (χ0) is 22.1. The van der Waals surface area contributed by atoms with Crippen LogP contribution >= 0.6 is 0 Å². The summed E-state index contributed by atoms with van der Waals surface area (Å²) in [5, 5.41) is 3.84. The highest BCUT2D eigenvalue weighted by molar-refractivity contribution is 5.81. The van der Waals surface area contributed by atoms with E-state index in [1.165, 1.54) is 0 Å². The number of fused-ring (bicyclic) bond motifs is 1. The van der Waals surface area contributed by atoms with Gasteiger partial charge in [0.15, 0.2) is 5.82 Å². The Morgan fingerprint density at radius 2 is 1.78 bits per heavy atom. The van der Waals surface area contributed by atoms with Crippen molar-refractivity contribution < 1.29 is 9.26 Å². The molecule has 0 amide bonds. The molecule has 0 saturated carbocycles. The molecule has 0 fully saturated rings. The minimum absolute atomic E-state index is 0.413. The Hall–Kier alpha value is -4.13. The van der Waals surface area contributed by atoms with Crippen molar-refractivity contribution in [2.24, 2.45) is 0 Å². The van der Waals surface area contributed by atoms with Crippen molar-refractivity contribution in [3.05, 3.63) is 88.4 Å². The molecule has 0 spiro atoms. The van der Waals surface area contributed by atoms with Crippen molar-refractivity contribution in [1.29, 1.82) is 0 Å². The van der Waals surface area contributed by atoms with E-state index in [4.69, 9.17) is 9.72 Å². The average molecular weight is 426 g/mol. The van der Waals surface area contributed by atoms with E-state index in [9.17, 15) is 4.79 Å². The first-order valence-electron chi connectivity index (χ1n) is 10.5. The van der Waals surface area contributed by atoms with Crippen molar-refractivity contribution in [3.63, 3.8) is 0 Å². The minimum atomic E-state index is -0.571. The number of nitrogens with one attached hydrogen (secondary N) is 1. The minimum Gasteiger partial charge on any atom is -0.465 e. The summed E-state index contributed by atoms with van der Waals surface area (Å²) in [7, 11) is 0. The molecule has 2 aromatic heterocycles. The number of ether oxygens (including phenoxy) is 1. The van der Waals surface area contributed by atoms with Gasteiger partial charge in [-0.25, -0.2) is 4.79 Å². The first-order valence-corrected chi connectivity index (χ1v) is 10.5. The van der Waals surface area contributed by atoms with E-state index in [0.717, 1.165) is 38.9 Å². The first kappa shape index (κ1) is 19.8. The maximum atomic E-state index is 11.4. The fourth-order valence-corrected chi connectivity index (χ4v) is 3.92. The molecule has 0 aliphatic rings. The lowest BCUT2D eigenvalue weighted by Crippen LogP contribution is -2.05. The number of H-pyrrole nitrogens is 1. The van der Waals surface area contributed by atoms with E-state index in [1.807, 2.05) is 37.3 Å². The quantitative estimate of drug-likeness (QED) is 0.421. The summed E-state index contributed by atoms with van der Waals surface area (Å²) < 4.78 is 12.6. The molecule has 3 aromatic carbocycles. The Balaban J connectivity index is 1.49. The Kier molecular flexibility index (Phi) is 5.07. The molecule has 0 aliphatic heterocycles. The lowest BCUT2D eigenvalue weighted by atomic mass is 9.98. The van der Waals surface area contributed by atoms with Crippen LogP contribution in [0, 0.1) is 6.92 Å². The van der Waals surface area contributed by atoms with Gasteiger partial charge in [-0.1, -0.05) is 65.8 Å². The van der Waals surface area contributed by atoms with Crippen LogP contribution in [0.15, 0.2) is 76.0 Å². The predicted octanol–water partition coefficient (Wildman–Crippen LogP) is 4.80. The molecule has 160 valence electrons. The van der Waals surface area contributed by atoms with E-state index in [-0.39, 0.29) is 0 Å². The molecular formula is C25H22N4O3. The summed E-state index contributed by atoms with van der Waals surface area (Å²) in [4.78, 5) is 18.7. The normalized spacial score (nSPS) is 11.2. The highest BCUT2D eigenvalue weighted by Gasteiger charge is 2.15. The van der Waals surface area contributed by atoms with Gasteiger partial charge in [-0.05, 0) is 42.2 Å². The van der Waals surface area contributed by atoms with Crippen LogP contribution in [0.2, 0.25) is 0 Å². The van der Waals surface area contributed by atoms with Gasteiger partial charge < -0.3 is 4.74 Å². The molecule has 32 heavy (non-hydrogen) atoms. The number of para-hydroxylation sites is 1. The number of aromatic amines is 1. The lowest BCUT2D eigenvalue weighted by Gasteiger charge is -2.11. The van der Waals surface area contributed by atoms with Gasteiger partial charge in [-0.3, -0.25) is 14.1 Å². The second-order valence-corrected chi connectivity index (χ2v) is 7.54. The molecule has 7 heteroatoms. The van der Waals surface area contributed by atoms with E-state index in [1.54, 1.807) is 0 Å². The molecule has 5 rings (SSSR count). The van der Waals surface area contributed by atoms with Crippen molar-refractivity contribution >= 4 is 11.0 Å². The molecule has 0 radical (unpaired) electrons. The van der Waals surface area contributed by atoms with Crippen molar-refractivity contribution in [2.45, 2.75) is 20.4 Å². The van der Waals surface area contributed by atoms with E-state index >= 15 is 0 Å². The van der Waals surface area contributed by atoms with Crippen LogP contribution in [0.1, 0.15) is 18.1 Å². The lowest BCUT2D eigenvalue weighted by molar-refractivity contribution is 0.301. The van der Waals surface area contributed by atoms with Crippen LogP contribution in [0.4, 0.5) is 0 Å². The topological polar surface area (TPSA) is 85.9 Å². The van der Waals surface area contributed by atoms with Gasteiger partial charge in [-0.15, -0.1) is 0 Å². The van der Waals surface area contributed by atoms with Crippen molar-refractivity contribution in [2.75, 3.05) is 6.61 Å². The second kappa shape index (κ2) is 8.19. The maximum Gasteiger partial charge on any atom is 0.439 e. The maximum absolute atomic E-state index is 11.4. The van der Waals surface area contributed by atoms with Crippen molar-refractivity contribution in [3.8, 4) is 28.5 Å². The standard InChI is InChI=1S/C25H22N4O3/c1-3-31-24-26-22-16(2)7-6-10-21(22)29(24)15-17-11-13-18(14-12-17)19-8-4-5-9-20(19)23-27-25(30)32-28-23/h4-14H,3,15H2,1-2H3,(H,27,28,30). The first-order chi connectivity index (χ1) is 15.6. The molecule has 0 aliphatic carbocycles. The van der Waals surface area contributed by atoms with E-state index in [2.05, 4.69) is 62.6 Å². The fourth-order valence-electron chi connectivity index (χ4n) is 3.92. The third-order valence-electron chi connectivity index (χ3n) is 5.45. The zero-order valence-corrected chi connectivity index (χ0v) is 17.8. The Morgan fingerprint density at radius 1 is 1.00 bits per heavy atom. The molecule has 7 nitrogen and oxygen atoms in total. The predicted molar refractivity (Wildman–Crippen MR) is 123 cm³/mol. The largest absolute Gasteiger partial charge is 0.465 e. The highest BCUT2D eigenvalue weighted by Crippen LogP contribution is 2.30. The van der Waals surface area contributed by atoms with Gasteiger partial charge in [0.25, 0.3) is 6.01 Å². The number of hydrogen-bond donors (Lipinski definition) is 1. The summed E-state index contributed by atoms with van der Waals surface area (Å²) >= 11 is 0. The Labute approximate surface area is 184 Å². The monoisotopic (exact) mass is 426 g/mol. The van der Waals surface area contributed by atoms with E-state index in [0.29, 0.717) is 25.0 Å². The molecule has 1 N–H and O–H groups in total. The summed E-state index contributed by atoms with van der Waals surface area (Å²) in [6.45, 7) is 5.23. The summed E-state index contributed by atoms with van der Waals surface area (Å²) in [6.07, 6.45) is 0. The molecule has 0 unspecified atom stereocenters. The van der Waals surface area contributed by atoms with Crippen LogP contribution < -0.4 is 10.5 Å². The highest BCUT2D eigenvalue weighted by atomic mass is 16.5. The summed E-state index contributed by atoms with van der Waals surface area (Å²) in [6, 6.07) is 22.9. The van der Waals surface area contributed by atoms with E-state index < -0.39 is 5.76 Å². The van der Waals surface area contributed by atoms with Crippen LogP contribution in [0.25, 0.3) is 33.5 Å². The average Bonchev–Trinajstić information content (AvgIpc) is 3.39. The molecule has 2 heterocycles. The Bertz CT molecular complexity index is 1440. The summed E-state index contributed by atoms with van der Waals surface area (Å²) in [5.74, 6) is -0.158. The second-order valence-electron chi connectivity index (χ2n) is 7.54. The van der Waals surface area contributed by atoms with Crippen LogP contribution in [0.5, 0.6) is 6.01 Å². The van der Waals surface area contributed by atoms with Gasteiger partial charge in [0.1, 0.15) is 0 Å². The van der Waals surface area contributed by atoms with Gasteiger partial charge in [0.2, 0.25) is 0 Å². The van der Waals surface area contributed by atoms with Crippen LogP contribution in [-0.4, -0.2) is 26.3 Å². The number of hydrogen-bond acceptors (Lipinski definition) is 5. The third-order valence-corrected chi connectivity index (χ3v) is 5.45. The van der Waals surface area contributed by atoms with Gasteiger partial charge in [0, 0.05) is 5.56 Å². The number of rotatable bonds is 6. The van der Waals surface area contributed by atoms with Crippen LogP contribution in [-0.2, 0) is 6.54 Å². The number of aromatic nitrogens is 4. The number of aryl methyl sites for hydroxylation is 1. The SMILES string of the molecule is CCOc1nc2c(C)cccc2n1Cc1ccc(-c2ccccc2-c2noc(=O)[nH]2)cc1. The molecule has 0 saturated heterocycles. The van der Waals surface area contributed by atoms with Crippen LogP contribution in [0.3, 0.4) is 0 Å². The summed E-state index contributed by atoms with van der Waals surface area (Å²) in [5.41, 5.74) is 7.05. The Morgan fingerprint density at radius 3 is 2.50 bits per heavy atom. The number of benzene rings is 3. The van der Waals surface area contributed by atoms with Gasteiger partial charge in [-0.2, -0.15) is 4.98 Å². The smallest absolute Gasteiger partial charge is 0.439 e. The van der Waals surface area contributed by atoms with Gasteiger partial charge >= 0.3 is 5.76 Å². The molecule has 0 bridgehead atoms. The number of nitrogens with zero attached hydrogens (tertiary/aromatic N) is 3. The van der Waals surface area contributed by atoms with Gasteiger partial charge in [0.05, 0.1) is 24.2 Å². The third kappa shape index (κ3) is 3.58. The molecule has 5 aromatic rings. The fraction of sp³-hybridized carbons (Fsp3) is 0.160. The molecular weight excluding hydrogens is 404 g/mol. The zero-order valence-electron chi connectivity index (χ0n) is 17.8. The molecule has 0 atom stereocenters. The van der Waals surface area contributed by atoms with Crippen molar-refractivity contribution in [1.82, 2.24) is 19.7 Å². The number of imidazole rings is 1.